The predicted octanol–water partition coefficient (Wildman–Crippen LogP) is 1.92. The maximum absolute atomic E-state index is 3.36. The van der Waals surface area contributed by atoms with Crippen LogP contribution in [0.1, 0.15) is 5.56 Å². The van der Waals surface area contributed by atoms with E-state index in [0.717, 1.165) is 5.33 Å². The van der Waals surface area contributed by atoms with Crippen LogP contribution in [0.5, 0.6) is 0 Å². The van der Waals surface area contributed by atoms with E-state index in [1.54, 1.807) is 0 Å². The summed E-state index contributed by atoms with van der Waals surface area (Å²) < 4.78 is 2.04. The van der Waals surface area contributed by atoms with Gasteiger partial charge in [-0.3, -0.25) is 0 Å². The summed E-state index contributed by atoms with van der Waals surface area (Å²) >= 11 is 3.36. The first-order valence-corrected chi connectivity index (χ1v) is 3.62. The van der Waals surface area contributed by atoms with E-state index in [4.69, 9.17) is 0 Å². The van der Waals surface area contributed by atoms with Gasteiger partial charge < -0.3 is 4.57 Å². The van der Waals surface area contributed by atoms with E-state index in [9.17, 15) is 0 Å². The second-order valence-corrected chi connectivity index (χ2v) is 2.38. The molecule has 0 aliphatic rings. The molecule has 2 heteroatoms. The summed E-state index contributed by atoms with van der Waals surface area (Å²) in [5.41, 5.74) is 1.33. The molecule has 0 amide bonds. The molecule has 0 aliphatic carbocycles. The average molecular weight is 174 g/mol. The highest BCUT2D eigenvalue weighted by Gasteiger charge is 1.87. The largest absolute Gasteiger partial charge is 0.357 e. The molecular weight excluding hydrogens is 166 g/mol. The fourth-order valence-corrected chi connectivity index (χ4v) is 0.972. The Morgan fingerprint density at radius 1 is 1.75 bits per heavy atom. The molecule has 0 unspecified atom stereocenters. The van der Waals surface area contributed by atoms with Crippen LogP contribution in [0.2, 0.25) is 0 Å². The molecule has 1 rings (SSSR count). The number of halogens is 1. The molecule has 1 aromatic rings. The van der Waals surface area contributed by atoms with Gasteiger partial charge in [0.15, 0.2) is 0 Å². The molecule has 0 aliphatic heterocycles. The maximum Gasteiger partial charge on any atom is 0.0298 e. The van der Waals surface area contributed by atoms with Crippen molar-refractivity contribution in [3.8, 4) is 0 Å². The lowest BCUT2D eigenvalue weighted by Crippen LogP contribution is -1.77. The van der Waals surface area contributed by atoms with Crippen LogP contribution in [0.15, 0.2) is 18.5 Å². The molecule has 0 N–H and O–H groups in total. The zero-order valence-electron chi connectivity index (χ0n) is 4.76. The van der Waals surface area contributed by atoms with Crippen molar-refractivity contribution >= 4 is 15.9 Å². The summed E-state index contributed by atoms with van der Waals surface area (Å²) in [4.78, 5) is 0. The molecule has 0 bridgehead atoms. The van der Waals surface area contributed by atoms with Crippen LogP contribution in [-0.4, -0.2) is 4.57 Å². The average Bonchev–Trinajstić information content (AvgIpc) is 2.14. The normalized spacial score (nSPS) is 9.75. The minimum absolute atomic E-state index is 0.952. The van der Waals surface area contributed by atoms with Gasteiger partial charge in [-0.2, -0.15) is 0 Å². The van der Waals surface area contributed by atoms with Crippen LogP contribution in [0, 0.1) is 0 Å². The second kappa shape index (κ2) is 2.35. The van der Waals surface area contributed by atoms with Crippen molar-refractivity contribution in [2.75, 3.05) is 0 Å². The Hall–Kier alpha value is -0.240. The van der Waals surface area contributed by atoms with Gasteiger partial charge in [-0.15, -0.1) is 0 Å². The maximum atomic E-state index is 3.36. The minimum atomic E-state index is 0.952. The number of aryl methyl sites for hydroxylation is 1. The summed E-state index contributed by atoms with van der Waals surface area (Å²) in [6.07, 6.45) is 4.13. The fraction of sp³-hybridized carbons (Fsp3) is 0.333. The Kier molecular flexibility index (Phi) is 1.73. The molecule has 8 heavy (non-hydrogen) atoms. The van der Waals surface area contributed by atoms with Gasteiger partial charge in [0.25, 0.3) is 0 Å². The van der Waals surface area contributed by atoms with Crippen LogP contribution in [0.4, 0.5) is 0 Å². The van der Waals surface area contributed by atoms with Gasteiger partial charge in [0.1, 0.15) is 0 Å². The predicted molar refractivity (Wildman–Crippen MR) is 38.0 cm³/mol. The summed E-state index contributed by atoms with van der Waals surface area (Å²) in [5.74, 6) is 0. The lowest BCUT2D eigenvalue weighted by Gasteiger charge is -1.83. The van der Waals surface area contributed by atoms with Gasteiger partial charge in [-0.05, 0) is 11.6 Å². The Morgan fingerprint density at radius 3 is 2.75 bits per heavy atom. The summed E-state index contributed by atoms with van der Waals surface area (Å²) in [7, 11) is 2.02. The molecule has 0 radical (unpaired) electrons. The lowest BCUT2D eigenvalue weighted by molar-refractivity contribution is 0.924. The van der Waals surface area contributed by atoms with Crippen molar-refractivity contribution in [1.82, 2.24) is 4.57 Å². The van der Waals surface area contributed by atoms with E-state index in [0.29, 0.717) is 0 Å². The van der Waals surface area contributed by atoms with E-state index in [1.807, 2.05) is 17.8 Å². The molecule has 1 heterocycles. The number of alkyl halides is 1. The highest BCUT2D eigenvalue weighted by atomic mass is 79.9. The minimum Gasteiger partial charge on any atom is -0.357 e. The third-order valence-electron chi connectivity index (χ3n) is 1.05. The summed E-state index contributed by atoms with van der Waals surface area (Å²) in [6.45, 7) is 0. The number of rotatable bonds is 1. The molecule has 0 spiro atoms. The fourth-order valence-electron chi connectivity index (χ4n) is 0.640. The molecule has 0 atom stereocenters. The smallest absolute Gasteiger partial charge is 0.0298 e. The van der Waals surface area contributed by atoms with Crippen LogP contribution in [0.25, 0.3) is 0 Å². The van der Waals surface area contributed by atoms with Gasteiger partial charge in [0.05, 0.1) is 0 Å². The highest BCUT2D eigenvalue weighted by Crippen LogP contribution is 2.03. The van der Waals surface area contributed by atoms with Crippen molar-refractivity contribution in [3.63, 3.8) is 0 Å². The molecule has 0 fully saturated rings. The lowest BCUT2D eigenvalue weighted by atomic mass is 10.4. The van der Waals surface area contributed by atoms with E-state index in [2.05, 4.69) is 28.2 Å². The van der Waals surface area contributed by atoms with Crippen LogP contribution in [-0.2, 0) is 12.4 Å². The summed E-state index contributed by atoms with van der Waals surface area (Å²) in [6, 6.07) is 2.09. The Bertz CT molecular complexity index is 169. The first-order chi connectivity index (χ1) is 3.83. The molecule has 1 nitrogen and oxygen atoms in total. The SMILES string of the molecule is Cn1ccc(CBr)c1. The van der Waals surface area contributed by atoms with E-state index < -0.39 is 0 Å². The third-order valence-corrected chi connectivity index (χ3v) is 1.69. The van der Waals surface area contributed by atoms with Crippen molar-refractivity contribution < 1.29 is 0 Å². The molecule has 1 aromatic heterocycles. The van der Waals surface area contributed by atoms with Crippen LogP contribution < -0.4 is 0 Å². The van der Waals surface area contributed by atoms with Crippen molar-refractivity contribution in [2.45, 2.75) is 5.33 Å². The van der Waals surface area contributed by atoms with Crippen LogP contribution >= 0.6 is 15.9 Å². The van der Waals surface area contributed by atoms with Crippen molar-refractivity contribution in [2.24, 2.45) is 7.05 Å². The summed E-state index contributed by atoms with van der Waals surface area (Å²) in [5, 5.41) is 0.952. The Labute approximate surface area is 57.4 Å². The van der Waals surface area contributed by atoms with Gasteiger partial charge in [-0.25, -0.2) is 0 Å². The van der Waals surface area contributed by atoms with Crippen molar-refractivity contribution in [3.05, 3.63) is 24.0 Å². The van der Waals surface area contributed by atoms with E-state index in [1.165, 1.54) is 5.56 Å². The first kappa shape index (κ1) is 5.89. The van der Waals surface area contributed by atoms with E-state index in [-0.39, 0.29) is 0 Å². The van der Waals surface area contributed by atoms with Gasteiger partial charge in [0.2, 0.25) is 0 Å². The highest BCUT2D eigenvalue weighted by molar-refractivity contribution is 9.08. The second-order valence-electron chi connectivity index (χ2n) is 1.82. The van der Waals surface area contributed by atoms with Gasteiger partial charge in [-0.1, -0.05) is 15.9 Å². The molecule has 0 aromatic carbocycles. The molecule has 0 saturated heterocycles. The standard InChI is InChI=1S/C6H8BrN/c1-8-3-2-6(4-7)5-8/h2-3,5H,4H2,1H3. The quantitative estimate of drug-likeness (QED) is 0.573. The molecule has 0 saturated carbocycles. The zero-order chi connectivity index (χ0) is 5.98. The van der Waals surface area contributed by atoms with Crippen molar-refractivity contribution in [1.29, 1.82) is 0 Å². The Balaban J connectivity index is 2.84. The van der Waals surface area contributed by atoms with Crippen LogP contribution in [0.3, 0.4) is 0 Å². The van der Waals surface area contributed by atoms with Gasteiger partial charge in [0, 0.05) is 24.8 Å². The monoisotopic (exact) mass is 173 g/mol. The zero-order valence-corrected chi connectivity index (χ0v) is 6.35. The first-order valence-electron chi connectivity index (χ1n) is 2.50. The number of nitrogens with zero attached hydrogens (tertiary/aromatic N) is 1. The third kappa shape index (κ3) is 1.13. The Morgan fingerprint density at radius 2 is 2.50 bits per heavy atom. The molecule has 44 valence electrons. The number of aromatic nitrogens is 1. The van der Waals surface area contributed by atoms with Gasteiger partial charge >= 0.3 is 0 Å². The number of hydrogen-bond donors (Lipinski definition) is 0. The topological polar surface area (TPSA) is 4.93 Å². The number of hydrogen-bond acceptors (Lipinski definition) is 0. The molecular formula is C6H8BrN. The van der Waals surface area contributed by atoms with E-state index >= 15 is 0 Å².